The lowest BCUT2D eigenvalue weighted by atomic mass is 9.94. The quantitative estimate of drug-likeness (QED) is 0.478. The fourth-order valence-corrected chi connectivity index (χ4v) is 2.85. The van der Waals surface area contributed by atoms with Crippen LogP contribution < -0.4 is 0 Å². The summed E-state index contributed by atoms with van der Waals surface area (Å²) in [5.41, 5.74) is 5.33. The van der Waals surface area contributed by atoms with E-state index in [0.717, 1.165) is 38.5 Å². The van der Waals surface area contributed by atoms with Crippen molar-refractivity contribution in [3.05, 3.63) is 34.4 Å². The number of carbonyl (C=O) groups excluding carboxylic acids is 2. The van der Waals surface area contributed by atoms with Crippen molar-refractivity contribution in [2.75, 3.05) is 14.2 Å². The van der Waals surface area contributed by atoms with Crippen LogP contribution in [0.4, 0.5) is 0 Å². The molecule has 4 nitrogen and oxygen atoms in total. The van der Waals surface area contributed by atoms with Crippen molar-refractivity contribution in [1.29, 1.82) is 0 Å². The van der Waals surface area contributed by atoms with Gasteiger partial charge in [0.1, 0.15) is 0 Å². The molecule has 0 saturated heterocycles. The Balaban J connectivity index is 2.47. The summed E-state index contributed by atoms with van der Waals surface area (Å²) in [5, 5.41) is 0. The van der Waals surface area contributed by atoms with Gasteiger partial charge in [-0.1, -0.05) is 12.1 Å². The van der Waals surface area contributed by atoms with E-state index in [9.17, 15) is 9.59 Å². The van der Waals surface area contributed by atoms with E-state index < -0.39 is 0 Å². The molecule has 1 aromatic carbocycles. The molecular weight excluding hydrogens is 304 g/mol. The number of esters is 2. The maximum absolute atomic E-state index is 11.1. The Kier molecular flexibility index (Phi) is 9.13. The summed E-state index contributed by atoms with van der Waals surface area (Å²) in [6.07, 6.45) is 6.68. The molecule has 0 fully saturated rings. The third-order valence-electron chi connectivity index (χ3n) is 4.40. The van der Waals surface area contributed by atoms with E-state index in [1.807, 2.05) is 0 Å². The highest BCUT2D eigenvalue weighted by Gasteiger charge is 2.07. The molecule has 134 valence electrons. The van der Waals surface area contributed by atoms with E-state index in [1.165, 1.54) is 36.5 Å². The van der Waals surface area contributed by atoms with Gasteiger partial charge in [-0.2, -0.15) is 0 Å². The molecule has 24 heavy (non-hydrogen) atoms. The third-order valence-corrected chi connectivity index (χ3v) is 4.40. The van der Waals surface area contributed by atoms with Crippen LogP contribution in [0.1, 0.15) is 60.8 Å². The molecule has 0 radical (unpaired) electrons. The van der Waals surface area contributed by atoms with Gasteiger partial charge in [-0.25, -0.2) is 0 Å². The number of hydrogen-bond donors (Lipinski definition) is 0. The van der Waals surface area contributed by atoms with Crippen molar-refractivity contribution in [2.24, 2.45) is 0 Å². The molecule has 0 unspecified atom stereocenters. The number of unbranched alkanes of at least 4 members (excludes halogenated alkanes) is 2. The largest absolute Gasteiger partial charge is 0.469 e. The minimum atomic E-state index is -0.134. The van der Waals surface area contributed by atoms with Gasteiger partial charge in [-0.05, 0) is 74.6 Å². The highest BCUT2D eigenvalue weighted by Crippen LogP contribution is 2.20. The maximum Gasteiger partial charge on any atom is 0.305 e. The molecule has 0 aliphatic rings. The molecule has 1 rings (SSSR count). The highest BCUT2D eigenvalue weighted by atomic mass is 16.5. The second kappa shape index (κ2) is 10.8. The smallest absolute Gasteiger partial charge is 0.305 e. The summed E-state index contributed by atoms with van der Waals surface area (Å²) >= 11 is 0. The zero-order chi connectivity index (χ0) is 17.9. The zero-order valence-electron chi connectivity index (χ0n) is 15.4. The molecule has 0 bridgehead atoms. The number of hydrogen-bond acceptors (Lipinski definition) is 4. The van der Waals surface area contributed by atoms with Crippen LogP contribution in [0.5, 0.6) is 0 Å². The van der Waals surface area contributed by atoms with E-state index in [2.05, 4.69) is 35.5 Å². The van der Waals surface area contributed by atoms with Gasteiger partial charge in [-0.3, -0.25) is 9.59 Å². The van der Waals surface area contributed by atoms with Crippen LogP contribution in [0.25, 0.3) is 0 Å². The average molecular weight is 334 g/mol. The van der Waals surface area contributed by atoms with Gasteiger partial charge in [0.2, 0.25) is 0 Å². The first kappa shape index (κ1) is 20.2. The van der Waals surface area contributed by atoms with Crippen molar-refractivity contribution >= 4 is 11.9 Å². The molecule has 0 heterocycles. The number of rotatable bonds is 10. The van der Waals surface area contributed by atoms with E-state index in [0.29, 0.717) is 12.8 Å². The van der Waals surface area contributed by atoms with Gasteiger partial charge in [0.15, 0.2) is 0 Å². The lowest BCUT2D eigenvalue weighted by Gasteiger charge is -2.12. The van der Waals surface area contributed by atoms with Gasteiger partial charge in [-0.15, -0.1) is 0 Å². The lowest BCUT2D eigenvalue weighted by Crippen LogP contribution is -2.02. The first-order chi connectivity index (χ1) is 11.5. The Labute approximate surface area is 145 Å². The molecule has 0 aromatic heterocycles. The molecule has 0 aliphatic carbocycles. The van der Waals surface area contributed by atoms with E-state index >= 15 is 0 Å². The average Bonchev–Trinajstić information content (AvgIpc) is 2.58. The Morgan fingerprint density at radius 1 is 0.750 bits per heavy atom. The summed E-state index contributed by atoms with van der Waals surface area (Å²) < 4.78 is 9.32. The molecule has 0 saturated carbocycles. The van der Waals surface area contributed by atoms with Crippen molar-refractivity contribution in [3.8, 4) is 0 Å². The topological polar surface area (TPSA) is 52.6 Å². The molecule has 0 amide bonds. The van der Waals surface area contributed by atoms with Crippen molar-refractivity contribution in [3.63, 3.8) is 0 Å². The second-order valence-corrected chi connectivity index (χ2v) is 6.27. The molecule has 0 aliphatic heterocycles. The van der Waals surface area contributed by atoms with Crippen LogP contribution in [0.15, 0.2) is 12.1 Å². The molecule has 4 heteroatoms. The first-order valence-corrected chi connectivity index (χ1v) is 8.70. The Hall–Kier alpha value is -1.84. The summed E-state index contributed by atoms with van der Waals surface area (Å²) in [6, 6.07) is 4.53. The number of carbonyl (C=O) groups is 2. The van der Waals surface area contributed by atoms with Crippen molar-refractivity contribution < 1.29 is 19.1 Å². The molecule has 0 N–H and O–H groups in total. The van der Waals surface area contributed by atoms with Crippen LogP contribution in [-0.4, -0.2) is 26.2 Å². The monoisotopic (exact) mass is 334 g/mol. The fraction of sp³-hybridized carbons (Fsp3) is 0.600. The minimum Gasteiger partial charge on any atom is -0.469 e. The molecule has 0 atom stereocenters. The van der Waals surface area contributed by atoms with Gasteiger partial charge >= 0.3 is 11.9 Å². The molecular formula is C20H30O4. The second-order valence-electron chi connectivity index (χ2n) is 6.27. The van der Waals surface area contributed by atoms with Crippen molar-refractivity contribution in [2.45, 2.75) is 65.2 Å². The highest BCUT2D eigenvalue weighted by molar-refractivity contribution is 5.69. The predicted octanol–water partition coefficient (Wildman–Crippen LogP) is 4.08. The zero-order valence-corrected chi connectivity index (χ0v) is 15.4. The fourth-order valence-electron chi connectivity index (χ4n) is 2.85. The summed E-state index contributed by atoms with van der Waals surface area (Å²) in [5.74, 6) is -0.268. The number of aryl methyl sites for hydroxylation is 4. The van der Waals surface area contributed by atoms with Crippen LogP contribution in [-0.2, 0) is 31.9 Å². The number of methoxy groups -OCH3 is 2. The summed E-state index contributed by atoms with van der Waals surface area (Å²) in [6.45, 7) is 4.29. The standard InChI is InChI=1S/C20H30O4/c1-15-13-18(10-6-8-12-20(22)24-4)16(2)14-17(15)9-5-7-11-19(21)23-3/h13-14H,5-12H2,1-4H3. The predicted molar refractivity (Wildman–Crippen MR) is 95.1 cm³/mol. The normalized spacial score (nSPS) is 10.5. The maximum atomic E-state index is 11.1. The van der Waals surface area contributed by atoms with Crippen LogP contribution in [0.2, 0.25) is 0 Å². The number of benzene rings is 1. The van der Waals surface area contributed by atoms with Gasteiger partial charge in [0.05, 0.1) is 14.2 Å². The van der Waals surface area contributed by atoms with Crippen LogP contribution >= 0.6 is 0 Å². The summed E-state index contributed by atoms with van der Waals surface area (Å²) in [7, 11) is 2.86. The Morgan fingerprint density at radius 3 is 1.46 bits per heavy atom. The Bertz CT molecular complexity index is 499. The van der Waals surface area contributed by atoms with Crippen LogP contribution in [0, 0.1) is 13.8 Å². The SMILES string of the molecule is COC(=O)CCCCc1cc(C)c(CCCCC(=O)OC)cc1C. The minimum absolute atomic E-state index is 0.134. The van der Waals surface area contributed by atoms with E-state index in [1.54, 1.807) is 0 Å². The third kappa shape index (κ3) is 7.16. The summed E-state index contributed by atoms with van der Waals surface area (Å²) in [4.78, 5) is 22.2. The first-order valence-electron chi connectivity index (χ1n) is 8.70. The molecule has 0 spiro atoms. The number of ether oxygens (including phenoxy) is 2. The van der Waals surface area contributed by atoms with Crippen molar-refractivity contribution in [1.82, 2.24) is 0 Å². The Morgan fingerprint density at radius 2 is 1.12 bits per heavy atom. The van der Waals surface area contributed by atoms with E-state index in [-0.39, 0.29) is 11.9 Å². The van der Waals surface area contributed by atoms with Gasteiger partial charge < -0.3 is 9.47 Å². The van der Waals surface area contributed by atoms with Gasteiger partial charge in [0, 0.05) is 12.8 Å². The van der Waals surface area contributed by atoms with E-state index in [4.69, 9.17) is 0 Å². The van der Waals surface area contributed by atoms with Gasteiger partial charge in [0.25, 0.3) is 0 Å². The van der Waals surface area contributed by atoms with Crippen LogP contribution in [0.3, 0.4) is 0 Å². The lowest BCUT2D eigenvalue weighted by molar-refractivity contribution is -0.141. The molecule has 1 aromatic rings.